The van der Waals surface area contributed by atoms with Gasteiger partial charge in [-0.05, 0) is 59.0 Å². The average Bonchev–Trinajstić information content (AvgIpc) is 3.31. The largest absolute Gasteiger partial charge is 0.326 e. The molecule has 0 aliphatic carbocycles. The Morgan fingerprint density at radius 2 is 1.96 bits per heavy atom. The first-order chi connectivity index (χ1) is 11.8. The molecule has 2 nitrogen and oxygen atoms in total. The zero-order valence-electron chi connectivity index (χ0n) is 13.6. The minimum atomic E-state index is 0.0540. The molecule has 0 radical (unpaired) electrons. The van der Waals surface area contributed by atoms with Gasteiger partial charge in [0.15, 0.2) is 0 Å². The van der Waals surface area contributed by atoms with Crippen LogP contribution in [0.5, 0.6) is 0 Å². The quantitative estimate of drug-likeness (QED) is 0.637. The Bertz CT molecular complexity index is 833. The van der Waals surface area contributed by atoms with Crippen molar-refractivity contribution < 1.29 is 4.79 Å². The summed E-state index contributed by atoms with van der Waals surface area (Å²) < 4.78 is 0. The number of nitrogens with zero attached hydrogens (tertiary/aromatic N) is 1. The van der Waals surface area contributed by atoms with Gasteiger partial charge in [0.05, 0.1) is 6.04 Å². The second-order valence-corrected chi connectivity index (χ2v) is 8.00. The topological polar surface area (TPSA) is 20.3 Å². The lowest BCUT2D eigenvalue weighted by molar-refractivity contribution is 0.0699. The number of fused-ring (bicyclic) bond motifs is 1. The second kappa shape index (κ2) is 6.54. The fourth-order valence-electron chi connectivity index (χ4n) is 3.34. The first kappa shape index (κ1) is 15.6. The molecule has 2 aromatic heterocycles. The number of rotatable bonds is 3. The highest BCUT2D eigenvalue weighted by atomic mass is 32.1. The molecule has 1 aromatic carbocycles. The molecule has 1 unspecified atom stereocenters. The Kier molecular flexibility index (Phi) is 4.25. The number of aryl methyl sites for hydroxylation is 1. The zero-order chi connectivity index (χ0) is 16.5. The smallest absolute Gasteiger partial charge is 0.254 e. The molecule has 1 amide bonds. The van der Waals surface area contributed by atoms with Crippen LogP contribution in [0.2, 0.25) is 0 Å². The summed E-state index contributed by atoms with van der Waals surface area (Å²) in [5.41, 5.74) is 3.35. The average molecular weight is 354 g/mol. The second-order valence-electron chi connectivity index (χ2n) is 6.02. The van der Waals surface area contributed by atoms with Crippen LogP contribution in [-0.2, 0) is 12.8 Å². The first-order valence-corrected chi connectivity index (χ1v) is 10.0. The Hall–Kier alpha value is -1.91. The maximum absolute atomic E-state index is 13.2. The summed E-state index contributed by atoms with van der Waals surface area (Å²) >= 11 is 3.54. The molecule has 0 spiro atoms. The molecule has 0 fully saturated rings. The van der Waals surface area contributed by atoms with E-state index in [0.29, 0.717) is 0 Å². The van der Waals surface area contributed by atoms with Gasteiger partial charge in [0.25, 0.3) is 5.91 Å². The van der Waals surface area contributed by atoms with Gasteiger partial charge in [0, 0.05) is 21.9 Å². The molecular formula is C20H19NOS2. The van der Waals surface area contributed by atoms with E-state index in [4.69, 9.17) is 0 Å². The molecule has 4 rings (SSSR count). The van der Waals surface area contributed by atoms with Crippen LogP contribution in [0, 0.1) is 0 Å². The van der Waals surface area contributed by atoms with Gasteiger partial charge < -0.3 is 4.90 Å². The lowest BCUT2D eigenvalue weighted by atomic mass is 9.97. The van der Waals surface area contributed by atoms with E-state index in [-0.39, 0.29) is 11.9 Å². The highest BCUT2D eigenvalue weighted by molar-refractivity contribution is 7.10. The molecule has 24 heavy (non-hydrogen) atoms. The van der Waals surface area contributed by atoms with Gasteiger partial charge in [0.1, 0.15) is 0 Å². The summed E-state index contributed by atoms with van der Waals surface area (Å²) in [4.78, 5) is 17.9. The minimum absolute atomic E-state index is 0.0540. The van der Waals surface area contributed by atoms with Crippen LogP contribution < -0.4 is 0 Å². The van der Waals surface area contributed by atoms with E-state index in [1.807, 2.05) is 28.4 Å². The lowest BCUT2D eigenvalue weighted by Crippen LogP contribution is -2.39. The van der Waals surface area contributed by atoms with E-state index < -0.39 is 0 Å². The van der Waals surface area contributed by atoms with Gasteiger partial charge in [-0.2, -0.15) is 0 Å². The molecule has 1 aliphatic rings. The highest BCUT2D eigenvalue weighted by Gasteiger charge is 2.33. The molecular weight excluding hydrogens is 334 g/mol. The van der Waals surface area contributed by atoms with E-state index >= 15 is 0 Å². The summed E-state index contributed by atoms with van der Waals surface area (Å²) in [5, 5.41) is 4.24. The van der Waals surface area contributed by atoms with Crippen LogP contribution in [0.4, 0.5) is 0 Å². The molecule has 0 N–H and O–H groups in total. The Balaban J connectivity index is 1.71. The van der Waals surface area contributed by atoms with Crippen LogP contribution in [0.15, 0.2) is 53.2 Å². The predicted molar refractivity (Wildman–Crippen MR) is 101 cm³/mol. The highest BCUT2D eigenvalue weighted by Crippen LogP contribution is 2.40. The van der Waals surface area contributed by atoms with E-state index in [1.54, 1.807) is 11.3 Å². The first-order valence-electron chi connectivity index (χ1n) is 8.27. The van der Waals surface area contributed by atoms with E-state index in [9.17, 15) is 4.79 Å². The van der Waals surface area contributed by atoms with Gasteiger partial charge in [-0.1, -0.05) is 25.1 Å². The van der Waals surface area contributed by atoms with E-state index in [1.165, 1.54) is 20.9 Å². The Morgan fingerprint density at radius 3 is 2.67 bits per heavy atom. The summed E-state index contributed by atoms with van der Waals surface area (Å²) in [7, 11) is 0. The SMILES string of the molecule is CCc1ccc(C(=O)N2CCc3sccc3C2c2cccs2)cc1. The van der Waals surface area contributed by atoms with Crippen molar-refractivity contribution >= 4 is 28.6 Å². The number of benzene rings is 1. The van der Waals surface area contributed by atoms with Crippen molar-refractivity contribution in [3.8, 4) is 0 Å². The van der Waals surface area contributed by atoms with Crippen LogP contribution in [0.1, 0.15) is 44.2 Å². The van der Waals surface area contributed by atoms with Crippen molar-refractivity contribution in [1.82, 2.24) is 4.90 Å². The number of amides is 1. The third-order valence-corrected chi connectivity index (χ3v) is 6.57. The van der Waals surface area contributed by atoms with E-state index in [0.717, 1.165) is 24.9 Å². The monoisotopic (exact) mass is 353 g/mol. The summed E-state index contributed by atoms with van der Waals surface area (Å²) in [5.74, 6) is 0.132. The third-order valence-electron chi connectivity index (χ3n) is 4.65. The maximum Gasteiger partial charge on any atom is 0.254 e. The van der Waals surface area contributed by atoms with Gasteiger partial charge >= 0.3 is 0 Å². The molecule has 122 valence electrons. The molecule has 0 saturated carbocycles. The van der Waals surface area contributed by atoms with Crippen LogP contribution >= 0.6 is 22.7 Å². The number of hydrogen-bond acceptors (Lipinski definition) is 3. The molecule has 3 heterocycles. The molecule has 3 aromatic rings. The van der Waals surface area contributed by atoms with Gasteiger partial charge in [-0.25, -0.2) is 0 Å². The predicted octanol–water partition coefficient (Wildman–Crippen LogP) is 5.16. The number of thiophene rings is 2. The normalized spacial score (nSPS) is 16.9. The molecule has 0 saturated heterocycles. The van der Waals surface area contributed by atoms with Crippen molar-refractivity contribution in [3.63, 3.8) is 0 Å². The summed E-state index contributed by atoms with van der Waals surface area (Å²) in [6.07, 6.45) is 1.95. The number of carbonyl (C=O) groups excluding carboxylic acids is 1. The molecule has 1 atom stereocenters. The van der Waals surface area contributed by atoms with Gasteiger partial charge in [0.2, 0.25) is 0 Å². The maximum atomic E-state index is 13.2. The van der Waals surface area contributed by atoms with E-state index in [2.05, 4.69) is 48.0 Å². The van der Waals surface area contributed by atoms with Crippen LogP contribution in [-0.4, -0.2) is 17.4 Å². The van der Waals surface area contributed by atoms with Gasteiger partial charge in [-0.15, -0.1) is 22.7 Å². The van der Waals surface area contributed by atoms with Crippen molar-refractivity contribution in [2.75, 3.05) is 6.54 Å². The minimum Gasteiger partial charge on any atom is -0.326 e. The summed E-state index contributed by atoms with van der Waals surface area (Å²) in [6.45, 7) is 2.91. The van der Waals surface area contributed by atoms with Crippen LogP contribution in [0.25, 0.3) is 0 Å². The molecule has 0 bridgehead atoms. The molecule has 4 heteroatoms. The fourth-order valence-corrected chi connectivity index (χ4v) is 5.10. The van der Waals surface area contributed by atoms with Crippen molar-refractivity contribution in [3.05, 3.63) is 79.7 Å². The summed E-state index contributed by atoms with van der Waals surface area (Å²) in [6, 6.07) is 14.5. The van der Waals surface area contributed by atoms with Crippen molar-refractivity contribution in [2.24, 2.45) is 0 Å². The van der Waals surface area contributed by atoms with Crippen molar-refractivity contribution in [2.45, 2.75) is 25.8 Å². The standard InChI is InChI=1S/C20H19NOS2/c1-2-14-5-7-15(8-6-14)20(22)21-11-9-17-16(10-13-24-17)19(21)18-4-3-12-23-18/h3-8,10,12-13,19H,2,9,11H2,1H3. The van der Waals surface area contributed by atoms with Gasteiger partial charge in [-0.3, -0.25) is 4.79 Å². The number of hydrogen-bond donors (Lipinski definition) is 0. The Labute approximate surface area is 150 Å². The van der Waals surface area contributed by atoms with Crippen molar-refractivity contribution in [1.29, 1.82) is 0 Å². The zero-order valence-corrected chi connectivity index (χ0v) is 15.2. The fraction of sp³-hybridized carbons (Fsp3) is 0.250. The lowest BCUT2D eigenvalue weighted by Gasteiger charge is -2.35. The third kappa shape index (κ3) is 2.70. The van der Waals surface area contributed by atoms with Crippen LogP contribution in [0.3, 0.4) is 0 Å². The Morgan fingerprint density at radius 1 is 1.12 bits per heavy atom. The molecule has 1 aliphatic heterocycles. The number of carbonyl (C=O) groups is 1.